The second kappa shape index (κ2) is 9.56. The van der Waals surface area contributed by atoms with E-state index in [1.54, 1.807) is 31.3 Å². The molecule has 0 saturated carbocycles. The first-order valence-electron chi connectivity index (χ1n) is 8.56. The zero-order valence-electron chi connectivity index (χ0n) is 15.3. The zero-order chi connectivity index (χ0) is 19.8. The van der Waals surface area contributed by atoms with Gasteiger partial charge in [-0.25, -0.2) is 9.18 Å². The molecule has 0 aliphatic rings. The molecule has 2 amide bonds. The fraction of sp³-hybridized carbons (Fsp3) is 0.300. The number of nitrogens with zero attached hydrogens (tertiary/aromatic N) is 1. The molecule has 2 aromatic carbocycles. The first-order valence-corrected chi connectivity index (χ1v) is 8.56. The van der Waals surface area contributed by atoms with Gasteiger partial charge in [0.05, 0.1) is 12.5 Å². The number of hydrogen-bond acceptors (Lipinski definition) is 3. The highest BCUT2D eigenvalue weighted by molar-refractivity contribution is 5.75. The van der Waals surface area contributed by atoms with Gasteiger partial charge >= 0.3 is 12.0 Å². The molecule has 0 aliphatic carbocycles. The van der Waals surface area contributed by atoms with Gasteiger partial charge in [0.2, 0.25) is 0 Å². The summed E-state index contributed by atoms with van der Waals surface area (Å²) in [6, 6.07) is 12.8. The lowest BCUT2D eigenvalue weighted by atomic mass is 10.1. The minimum absolute atomic E-state index is 0.0988. The minimum Gasteiger partial charge on any atom is -0.489 e. The molecule has 0 aliphatic heterocycles. The van der Waals surface area contributed by atoms with Crippen LogP contribution in [-0.4, -0.2) is 35.6 Å². The summed E-state index contributed by atoms with van der Waals surface area (Å²) in [4.78, 5) is 24.0. The number of carboxylic acid groups (broad SMARTS) is 1. The minimum atomic E-state index is -0.945. The predicted molar refractivity (Wildman–Crippen MR) is 99.0 cm³/mol. The molecule has 0 heterocycles. The average Bonchev–Trinajstić information content (AvgIpc) is 2.65. The van der Waals surface area contributed by atoms with Crippen LogP contribution in [0.4, 0.5) is 9.18 Å². The number of carboxylic acids is 1. The molecule has 1 atom stereocenters. The number of ether oxygens (including phenoxy) is 1. The highest BCUT2D eigenvalue weighted by atomic mass is 19.1. The maximum Gasteiger partial charge on any atom is 0.317 e. The fourth-order valence-corrected chi connectivity index (χ4v) is 2.34. The molecule has 0 radical (unpaired) electrons. The van der Waals surface area contributed by atoms with Gasteiger partial charge in [-0.05, 0) is 42.3 Å². The highest BCUT2D eigenvalue weighted by Gasteiger charge is 2.14. The first-order chi connectivity index (χ1) is 12.8. The average molecular weight is 374 g/mol. The predicted octanol–water partition coefficient (Wildman–Crippen LogP) is 3.58. The van der Waals surface area contributed by atoms with Crippen molar-refractivity contribution in [2.24, 2.45) is 0 Å². The molecule has 2 N–H and O–H groups in total. The largest absolute Gasteiger partial charge is 0.489 e. The second-order valence-electron chi connectivity index (χ2n) is 6.22. The van der Waals surface area contributed by atoms with Gasteiger partial charge in [0.25, 0.3) is 0 Å². The molecule has 1 unspecified atom stereocenters. The van der Waals surface area contributed by atoms with Crippen molar-refractivity contribution in [2.75, 3.05) is 13.6 Å². The number of hydrogen-bond donors (Lipinski definition) is 2. The van der Waals surface area contributed by atoms with Crippen molar-refractivity contribution in [3.63, 3.8) is 0 Å². The number of nitrogens with one attached hydrogen (secondary N) is 1. The van der Waals surface area contributed by atoms with E-state index in [-0.39, 0.29) is 30.9 Å². The number of aliphatic carboxylic acids is 1. The normalized spacial score (nSPS) is 11.5. The quantitative estimate of drug-likeness (QED) is 0.740. The Morgan fingerprint density at radius 3 is 2.37 bits per heavy atom. The molecular weight excluding hydrogens is 351 g/mol. The SMILES string of the molecule is CC(NC(=O)N(C)CCC(=O)O)c1ccc(OCc2ccc(F)cc2)cc1. The fourth-order valence-electron chi connectivity index (χ4n) is 2.34. The third-order valence-electron chi connectivity index (χ3n) is 4.05. The highest BCUT2D eigenvalue weighted by Crippen LogP contribution is 2.19. The van der Waals surface area contributed by atoms with Gasteiger partial charge < -0.3 is 20.1 Å². The summed E-state index contributed by atoms with van der Waals surface area (Å²) >= 11 is 0. The Morgan fingerprint density at radius 2 is 1.78 bits per heavy atom. The van der Waals surface area contributed by atoms with Crippen LogP contribution < -0.4 is 10.1 Å². The van der Waals surface area contributed by atoms with E-state index < -0.39 is 5.97 Å². The number of halogens is 1. The molecule has 0 spiro atoms. The number of rotatable bonds is 8. The van der Waals surface area contributed by atoms with Crippen molar-refractivity contribution in [1.82, 2.24) is 10.2 Å². The van der Waals surface area contributed by atoms with Gasteiger partial charge in [-0.2, -0.15) is 0 Å². The Morgan fingerprint density at radius 1 is 1.15 bits per heavy atom. The molecule has 2 rings (SSSR count). The number of amides is 2. The summed E-state index contributed by atoms with van der Waals surface area (Å²) in [5, 5.41) is 11.5. The van der Waals surface area contributed by atoms with E-state index in [1.165, 1.54) is 17.0 Å². The molecule has 0 saturated heterocycles. The topological polar surface area (TPSA) is 78.9 Å². The van der Waals surface area contributed by atoms with Gasteiger partial charge in [-0.3, -0.25) is 4.79 Å². The molecule has 27 heavy (non-hydrogen) atoms. The summed E-state index contributed by atoms with van der Waals surface area (Å²) in [7, 11) is 1.55. The third-order valence-corrected chi connectivity index (χ3v) is 4.05. The van der Waals surface area contributed by atoms with Crippen LogP contribution in [0, 0.1) is 5.82 Å². The molecule has 0 bridgehead atoms. The van der Waals surface area contributed by atoms with E-state index in [0.717, 1.165) is 11.1 Å². The lowest BCUT2D eigenvalue weighted by Crippen LogP contribution is -2.39. The van der Waals surface area contributed by atoms with Crippen LogP contribution in [0.3, 0.4) is 0 Å². The molecule has 6 nitrogen and oxygen atoms in total. The number of carbonyl (C=O) groups is 2. The van der Waals surface area contributed by atoms with Crippen molar-refractivity contribution < 1.29 is 23.8 Å². The van der Waals surface area contributed by atoms with Crippen LogP contribution in [0.5, 0.6) is 5.75 Å². The van der Waals surface area contributed by atoms with E-state index in [0.29, 0.717) is 12.4 Å². The van der Waals surface area contributed by atoms with Gasteiger partial charge in [-0.15, -0.1) is 0 Å². The summed E-state index contributed by atoms with van der Waals surface area (Å²) < 4.78 is 18.6. The van der Waals surface area contributed by atoms with E-state index in [1.807, 2.05) is 19.1 Å². The Kier molecular flexibility index (Phi) is 7.16. The summed E-state index contributed by atoms with van der Waals surface area (Å²) in [5.41, 5.74) is 1.76. The van der Waals surface area contributed by atoms with E-state index in [9.17, 15) is 14.0 Å². The standard InChI is InChI=1S/C20H23FN2O4/c1-14(22-20(26)23(2)12-11-19(24)25)16-5-9-18(10-6-16)27-13-15-3-7-17(21)8-4-15/h3-10,14H,11-13H2,1-2H3,(H,22,26)(H,24,25). The lowest BCUT2D eigenvalue weighted by Gasteiger charge is -2.21. The lowest BCUT2D eigenvalue weighted by molar-refractivity contribution is -0.137. The molecule has 2 aromatic rings. The summed E-state index contributed by atoms with van der Waals surface area (Å²) in [5.74, 6) is -0.563. The molecule has 0 fully saturated rings. The van der Waals surface area contributed by atoms with Crippen LogP contribution in [0.1, 0.15) is 30.5 Å². The van der Waals surface area contributed by atoms with Crippen LogP contribution in [0.2, 0.25) is 0 Å². The number of urea groups is 1. The summed E-state index contributed by atoms with van der Waals surface area (Å²) in [6.45, 7) is 2.32. The van der Waals surface area contributed by atoms with E-state index in [2.05, 4.69) is 5.32 Å². The van der Waals surface area contributed by atoms with Crippen molar-refractivity contribution in [1.29, 1.82) is 0 Å². The number of benzene rings is 2. The van der Waals surface area contributed by atoms with Gasteiger partial charge in [0, 0.05) is 13.6 Å². The van der Waals surface area contributed by atoms with Crippen molar-refractivity contribution in [2.45, 2.75) is 26.0 Å². The van der Waals surface area contributed by atoms with E-state index >= 15 is 0 Å². The van der Waals surface area contributed by atoms with Crippen molar-refractivity contribution >= 4 is 12.0 Å². The Labute approximate surface area is 157 Å². The van der Waals surface area contributed by atoms with Crippen LogP contribution in [0.25, 0.3) is 0 Å². The smallest absolute Gasteiger partial charge is 0.317 e. The van der Waals surface area contributed by atoms with Crippen LogP contribution in [-0.2, 0) is 11.4 Å². The Bertz CT molecular complexity index is 763. The van der Waals surface area contributed by atoms with Crippen LogP contribution >= 0.6 is 0 Å². The maximum atomic E-state index is 12.9. The van der Waals surface area contributed by atoms with E-state index in [4.69, 9.17) is 9.84 Å². The zero-order valence-corrected chi connectivity index (χ0v) is 15.3. The van der Waals surface area contributed by atoms with Crippen molar-refractivity contribution in [3.05, 3.63) is 65.5 Å². The Balaban J connectivity index is 1.85. The van der Waals surface area contributed by atoms with Gasteiger partial charge in [-0.1, -0.05) is 24.3 Å². The Hall–Kier alpha value is -3.09. The van der Waals surface area contributed by atoms with Crippen LogP contribution in [0.15, 0.2) is 48.5 Å². The number of carbonyl (C=O) groups excluding carboxylic acids is 1. The molecule has 144 valence electrons. The third kappa shape index (κ3) is 6.62. The van der Waals surface area contributed by atoms with Gasteiger partial charge in [0.1, 0.15) is 18.2 Å². The second-order valence-corrected chi connectivity index (χ2v) is 6.22. The molecule has 0 aromatic heterocycles. The first kappa shape index (κ1) is 20.2. The van der Waals surface area contributed by atoms with Crippen molar-refractivity contribution in [3.8, 4) is 5.75 Å². The maximum absolute atomic E-state index is 12.9. The summed E-state index contributed by atoms with van der Waals surface area (Å²) in [6.07, 6.45) is -0.0988. The van der Waals surface area contributed by atoms with Gasteiger partial charge in [0.15, 0.2) is 0 Å². The molecular formula is C20H23FN2O4. The molecule has 7 heteroatoms. The monoisotopic (exact) mass is 374 g/mol.